The first-order valence-electron chi connectivity index (χ1n) is 7.52. The zero-order chi connectivity index (χ0) is 13.1. The minimum absolute atomic E-state index is 0.377. The summed E-state index contributed by atoms with van der Waals surface area (Å²) in [7, 11) is 0. The van der Waals surface area contributed by atoms with E-state index >= 15 is 0 Å². The largest absolute Gasteiger partial charge is 0.343 e. The molecule has 2 heterocycles. The van der Waals surface area contributed by atoms with Gasteiger partial charge in [0.2, 0.25) is 6.39 Å². The van der Waals surface area contributed by atoms with Crippen LogP contribution in [0, 0.1) is 0 Å². The van der Waals surface area contributed by atoms with Crippen molar-refractivity contribution in [3.8, 4) is 0 Å². The normalized spacial score (nSPS) is 27.7. The summed E-state index contributed by atoms with van der Waals surface area (Å²) in [6.45, 7) is 5.61. The van der Waals surface area contributed by atoms with Gasteiger partial charge in [0, 0.05) is 37.6 Å². The van der Waals surface area contributed by atoms with Crippen molar-refractivity contribution in [3.05, 3.63) is 12.2 Å². The molecule has 5 heteroatoms. The molecule has 1 aliphatic heterocycles. The first-order chi connectivity index (χ1) is 9.27. The molecule has 1 aliphatic carbocycles. The van der Waals surface area contributed by atoms with Crippen LogP contribution in [0.1, 0.15) is 44.9 Å². The molecule has 1 saturated heterocycles. The summed E-state index contributed by atoms with van der Waals surface area (Å²) >= 11 is 0. The van der Waals surface area contributed by atoms with E-state index in [1.165, 1.54) is 45.0 Å². The van der Waals surface area contributed by atoms with Crippen molar-refractivity contribution in [2.24, 2.45) is 0 Å². The van der Waals surface area contributed by atoms with Gasteiger partial charge in [0.05, 0.1) is 0 Å². The van der Waals surface area contributed by atoms with E-state index < -0.39 is 0 Å². The van der Waals surface area contributed by atoms with Gasteiger partial charge in [-0.05, 0) is 19.8 Å². The first kappa shape index (κ1) is 13.1. The molecule has 1 N–H and O–H groups in total. The van der Waals surface area contributed by atoms with Crippen LogP contribution in [-0.2, 0) is 6.42 Å². The number of hydrogen-bond acceptors (Lipinski definition) is 5. The second-order valence-corrected chi connectivity index (χ2v) is 6.14. The molecule has 0 aromatic carbocycles. The van der Waals surface area contributed by atoms with E-state index in [9.17, 15) is 0 Å². The van der Waals surface area contributed by atoms with Crippen molar-refractivity contribution in [3.63, 3.8) is 0 Å². The Hall–Kier alpha value is -0.940. The SMILES string of the molecule is CC1CNC2(CCCCC2)CN1CCc1ncon1. The maximum absolute atomic E-state index is 4.80. The summed E-state index contributed by atoms with van der Waals surface area (Å²) in [6.07, 6.45) is 9.12. The van der Waals surface area contributed by atoms with E-state index in [2.05, 4.69) is 27.3 Å². The van der Waals surface area contributed by atoms with Gasteiger partial charge in [-0.15, -0.1) is 0 Å². The third-order valence-electron chi connectivity index (χ3n) is 4.74. The van der Waals surface area contributed by atoms with E-state index in [4.69, 9.17) is 4.52 Å². The quantitative estimate of drug-likeness (QED) is 0.899. The number of hydrogen-bond donors (Lipinski definition) is 1. The fraction of sp³-hybridized carbons (Fsp3) is 0.857. The zero-order valence-corrected chi connectivity index (χ0v) is 11.8. The van der Waals surface area contributed by atoms with Crippen molar-refractivity contribution < 1.29 is 4.52 Å². The summed E-state index contributed by atoms with van der Waals surface area (Å²) in [5, 5.41) is 7.72. The van der Waals surface area contributed by atoms with Crippen LogP contribution in [0.5, 0.6) is 0 Å². The van der Waals surface area contributed by atoms with Gasteiger partial charge in [0.25, 0.3) is 0 Å². The predicted molar refractivity (Wildman–Crippen MR) is 72.9 cm³/mol. The molecule has 0 amide bonds. The molecule has 1 saturated carbocycles. The first-order valence-corrected chi connectivity index (χ1v) is 7.52. The number of nitrogens with zero attached hydrogens (tertiary/aromatic N) is 3. The number of aromatic nitrogens is 2. The van der Waals surface area contributed by atoms with Crippen molar-refractivity contribution in [2.45, 2.75) is 57.0 Å². The third-order valence-corrected chi connectivity index (χ3v) is 4.74. The van der Waals surface area contributed by atoms with Crippen LogP contribution < -0.4 is 5.32 Å². The second-order valence-electron chi connectivity index (χ2n) is 6.14. The molecule has 5 nitrogen and oxygen atoms in total. The molecule has 1 atom stereocenters. The highest BCUT2D eigenvalue weighted by atomic mass is 16.5. The Balaban J connectivity index is 1.59. The molecule has 2 fully saturated rings. The van der Waals surface area contributed by atoms with E-state index in [-0.39, 0.29) is 0 Å². The molecule has 1 unspecified atom stereocenters. The number of piperazine rings is 1. The zero-order valence-electron chi connectivity index (χ0n) is 11.8. The van der Waals surface area contributed by atoms with Gasteiger partial charge in [0.1, 0.15) is 0 Å². The van der Waals surface area contributed by atoms with Crippen LogP contribution in [-0.4, -0.2) is 46.3 Å². The second kappa shape index (κ2) is 5.59. The summed E-state index contributed by atoms with van der Waals surface area (Å²) < 4.78 is 4.80. The minimum atomic E-state index is 0.377. The molecule has 0 bridgehead atoms. The van der Waals surface area contributed by atoms with Crippen LogP contribution in [0.25, 0.3) is 0 Å². The number of rotatable bonds is 3. The molecule has 0 radical (unpaired) electrons. The lowest BCUT2D eigenvalue weighted by molar-refractivity contribution is 0.0633. The van der Waals surface area contributed by atoms with Crippen molar-refractivity contribution in [1.82, 2.24) is 20.4 Å². The van der Waals surface area contributed by atoms with Gasteiger partial charge in [-0.3, -0.25) is 4.90 Å². The van der Waals surface area contributed by atoms with E-state index in [0.29, 0.717) is 11.6 Å². The Bertz CT molecular complexity index is 386. The van der Waals surface area contributed by atoms with E-state index in [1.54, 1.807) is 0 Å². The van der Waals surface area contributed by atoms with Gasteiger partial charge in [-0.25, -0.2) is 0 Å². The average molecular weight is 264 g/mol. The van der Waals surface area contributed by atoms with Crippen LogP contribution in [0.2, 0.25) is 0 Å². The molecule has 3 rings (SSSR count). The summed E-state index contributed by atoms with van der Waals surface area (Å²) in [4.78, 5) is 6.71. The van der Waals surface area contributed by atoms with Crippen LogP contribution >= 0.6 is 0 Å². The lowest BCUT2D eigenvalue weighted by Gasteiger charge is -2.49. The highest BCUT2D eigenvalue weighted by molar-refractivity contribution is 4.99. The highest BCUT2D eigenvalue weighted by Crippen LogP contribution is 2.31. The molecule has 1 spiro atoms. The van der Waals surface area contributed by atoms with Crippen LogP contribution in [0.4, 0.5) is 0 Å². The van der Waals surface area contributed by atoms with Crippen molar-refractivity contribution in [1.29, 1.82) is 0 Å². The molecule has 106 valence electrons. The maximum Gasteiger partial charge on any atom is 0.213 e. The van der Waals surface area contributed by atoms with Gasteiger partial charge >= 0.3 is 0 Å². The molecule has 1 aromatic rings. The maximum atomic E-state index is 4.80. The fourth-order valence-electron chi connectivity index (χ4n) is 3.50. The lowest BCUT2D eigenvalue weighted by atomic mass is 9.79. The minimum Gasteiger partial charge on any atom is -0.343 e. The van der Waals surface area contributed by atoms with Crippen molar-refractivity contribution >= 4 is 0 Å². The van der Waals surface area contributed by atoms with E-state index in [1.807, 2.05) is 0 Å². The van der Waals surface area contributed by atoms with E-state index in [0.717, 1.165) is 25.3 Å². The summed E-state index contributed by atoms with van der Waals surface area (Å²) in [5.41, 5.74) is 0.377. The smallest absolute Gasteiger partial charge is 0.213 e. The van der Waals surface area contributed by atoms with Crippen LogP contribution in [0.3, 0.4) is 0 Å². The van der Waals surface area contributed by atoms with Gasteiger partial charge in [0.15, 0.2) is 5.82 Å². The van der Waals surface area contributed by atoms with Gasteiger partial charge in [-0.2, -0.15) is 4.98 Å². The van der Waals surface area contributed by atoms with Crippen molar-refractivity contribution in [2.75, 3.05) is 19.6 Å². The molecular weight excluding hydrogens is 240 g/mol. The Morgan fingerprint density at radius 2 is 2.26 bits per heavy atom. The fourth-order valence-corrected chi connectivity index (χ4v) is 3.50. The third kappa shape index (κ3) is 2.98. The monoisotopic (exact) mass is 264 g/mol. The Kier molecular flexibility index (Phi) is 3.84. The Morgan fingerprint density at radius 3 is 3.00 bits per heavy atom. The van der Waals surface area contributed by atoms with Gasteiger partial charge < -0.3 is 9.84 Å². The standard InChI is InChI=1S/C14H24N4O/c1-12-9-16-14(6-3-2-4-7-14)10-18(12)8-5-13-15-11-19-17-13/h11-12,16H,2-10H2,1H3. The highest BCUT2D eigenvalue weighted by Gasteiger charge is 2.38. The van der Waals surface area contributed by atoms with Crippen LogP contribution in [0.15, 0.2) is 10.9 Å². The molecule has 1 aromatic heterocycles. The molecule has 2 aliphatic rings. The summed E-state index contributed by atoms with van der Waals surface area (Å²) in [5.74, 6) is 0.823. The topological polar surface area (TPSA) is 54.2 Å². The van der Waals surface area contributed by atoms with Gasteiger partial charge in [-0.1, -0.05) is 24.4 Å². The average Bonchev–Trinajstić information content (AvgIpc) is 2.94. The lowest BCUT2D eigenvalue weighted by Crippen LogP contribution is -2.64. The Labute approximate surface area is 114 Å². The molecule has 19 heavy (non-hydrogen) atoms. The Morgan fingerprint density at radius 1 is 1.42 bits per heavy atom. The number of nitrogens with one attached hydrogen (secondary N) is 1. The molecular formula is C14H24N4O. The summed E-state index contributed by atoms with van der Waals surface area (Å²) in [6, 6.07) is 0.597. The predicted octanol–water partition coefficient (Wildman–Crippen LogP) is 1.61.